The van der Waals surface area contributed by atoms with E-state index in [2.05, 4.69) is 14.9 Å². The fraction of sp³-hybridized carbons (Fsp3) is 0.364. The second-order valence-electron chi connectivity index (χ2n) is 7.20. The van der Waals surface area contributed by atoms with Crippen molar-refractivity contribution < 1.29 is 23.9 Å². The van der Waals surface area contributed by atoms with Crippen LogP contribution in [0, 0.1) is 10.1 Å². The highest BCUT2D eigenvalue weighted by atomic mass is 16.6. The second-order valence-corrected chi connectivity index (χ2v) is 7.20. The molecule has 0 amide bonds. The minimum absolute atomic E-state index is 0.103. The van der Waals surface area contributed by atoms with Crippen LogP contribution in [0.15, 0.2) is 42.7 Å². The van der Waals surface area contributed by atoms with Gasteiger partial charge in [0.1, 0.15) is 11.9 Å². The molecule has 2 aromatic heterocycles. The Hall–Kier alpha value is -3.50. The molecule has 0 spiro atoms. The molecule has 4 rings (SSSR count). The van der Waals surface area contributed by atoms with Crippen LogP contribution < -0.4 is 14.2 Å². The molecular weight excluding hydrogens is 416 g/mol. The van der Waals surface area contributed by atoms with Gasteiger partial charge in [-0.2, -0.15) is 0 Å². The van der Waals surface area contributed by atoms with Gasteiger partial charge in [-0.05, 0) is 18.6 Å². The molecule has 0 radical (unpaired) electrons. The third-order valence-electron chi connectivity index (χ3n) is 5.11. The number of rotatable bonds is 9. The number of nitro groups is 1. The van der Waals surface area contributed by atoms with Crippen molar-refractivity contribution in [2.45, 2.75) is 6.42 Å². The predicted molar refractivity (Wildman–Crippen MR) is 117 cm³/mol. The average molecular weight is 440 g/mol. The minimum atomic E-state index is -0.508. The molecule has 3 heterocycles. The lowest BCUT2D eigenvalue weighted by atomic mass is 10.2. The Balaban J connectivity index is 1.47. The molecule has 3 aromatic rings. The Kier molecular flexibility index (Phi) is 6.93. The van der Waals surface area contributed by atoms with Gasteiger partial charge in [-0.1, -0.05) is 0 Å². The number of pyridine rings is 2. The van der Waals surface area contributed by atoms with Crippen LogP contribution in [0.2, 0.25) is 0 Å². The SMILES string of the molecule is COc1cc2c(Oc3ccc([N+](=O)[O-])cn3)ccnc2cc1OCCCN1CCOCC1. The van der Waals surface area contributed by atoms with Gasteiger partial charge in [-0.3, -0.25) is 20.0 Å². The van der Waals surface area contributed by atoms with E-state index in [1.807, 2.05) is 6.07 Å². The highest BCUT2D eigenvalue weighted by molar-refractivity contribution is 5.88. The van der Waals surface area contributed by atoms with Crippen LogP contribution in [-0.2, 0) is 4.74 Å². The number of hydrogen-bond acceptors (Lipinski definition) is 9. The van der Waals surface area contributed by atoms with Crippen LogP contribution in [0.1, 0.15) is 6.42 Å². The summed E-state index contributed by atoms with van der Waals surface area (Å²) in [5, 5.41) is 11.5. The fourth-order valence-electron chi connectivity index (χ4n) is 3.44. The van der Waals surface area contributed by atoms with E-state index >= 15 is 0 Å². The van der Waals surface area contributed by atoms with E-state index in [-0.39, 0.29) is 11.6 Å². The molecule has 1 aromatic carbocycles. The van der Waals surface area contributed by atoms with E-state index in [0.29, 0.717) is 34.8 Å². The molecule has 32 heavy (non-hydrogen) atoms. The zero-order valence-electron chi connectivity index (χ0n) is 17.7. The summed E-state index contributed by atoms with van der Waals surface area (Å²) in [6.07, 6.45) is 3.67. The number of methoxy groups -OCH3 is 1. The zero-order valence-corrected chi connectivity index (χ0v) is 17.7. The lowest BCUT2D eigenvalue weighted by Gasteiger charge is -2.26. The van der Waals surface area contributed by atoms with Gasteiger partial charge in [0.25, 0.3) is 5.69 Å². The topological polar surface area (TPSA) is 109 Å². The van der Waals surface area contributed by atoms with Gasteiger partial charge in [0.2, 0.25) is 5.88 Å². The first kappa shape index (κ1) is 21.7. The molecule has 1 fully saturated rings. The summed E-state index contributed by atoms with van der Waals surface area (Å²) in [7, 11) is 1.58. The van der Waals surface area contributed by atoms with Gasteiger partial charge < -0.3 is 18.9 Å². The van der Waals surface area contributed by atoms with Crippen LogP contribution in [0.3, 0.4) is 0 Å². The van der Waals surface area contributed by atoms with Crippen molar-refractivity contribution in [1.29, 1.82) is 0 Å². The minimum Gasteiger partial charge on any atom is -0.493 e. The zero-order chi connectivity index (χ0) is 22.3. The van der Waals surface area contributed by atoms with Crippen LogP contribution in [0.4, 0.5) is 5.69 Å². The van der Waals surface area contributed by atoms with Gasteiger partial charge in [-0.25, -0.2) is 4.98 Å². The lowest BCUT2D eigenvalue weighted by molar-refractivity contribution is -0.385. The van der Waals surface area contributed by atoms with Crippen molar-refractivity contribution in [1.82, 2.24) is 14.9 Å². The van der Waals surface area contributed by atoms with E-state index in [1.54, 1.807) is 25.4 Å². The number of nitrogens with zero attached hydrogens (tertiary/aromatic N) is 4. The molecule has 10 nitrogen and oxygen atoms in total. The Labute approximate surface area is 184 Å². The molecule has 1 aliphatic heterocycles. The van der Waals surface area contributed by atoms with Crippen LogP contribution in [-0.4, -0.2) is 66.4 Å². The van der Waals surface area contributed by atoms with Crippen LogP contribution in [0.5, 0.6) is 23.1 Å². The summed E-state index contributed by atoms with van der Waals surface area (Å²) >= 11 is 0. The number of hydrogen-bond donors (Lipinski definition) is 0. The molecule has 10 heteroatoms. The third kappa shape index (κ3) is 5.21. The number of fused-ring (bicyclic) bond motifs is 1. The Morgan fingerprint density at radius 1 is 1.12 bits per heavy atom. The summed E-state index contributed by atoms with van der Waals surface area (Å²) < 4.78 is 22.7. The molecule has 0 saturated carbocycles. The largest absolute Gasteiger partial charge is 0.493 e. The predicted octanol–water partition coefficient (Wildman–Crippen LogP) is 3.44. The fourth-order valence-corrected chi connectivity index (χ4v) is 3.44. The van der Waals surface area contributed by atoms with Gasteiger partial charge in [0, 0.05) is 49.4 Å². The Bertz CT molecular complexity index is 1070. The summed E-state index contributed by atoms with van der Waals surface area (Å²) in [4.78, 5) is 21.1. The molecule has 168 valence electrons. The maximum atomic E-state index is 10.8. The molecular formula is C22H24N4O6. The van der Waals surface area contributed by atoms with E-state index in [1.165, 1.54) is 12.1 Å². The van der Waals surface area contributed by atoms with E-state index < -0.39 is 4.92 Å². The van der Waals surface area contributed by atoms with E-state index in [0.717, 1.165) is 45.5 Å². The average Bonchev–Trinajstić information content (AvgIpc) is 2.82. The standard InChI is InChI=1S/C22H24N4O6/c1-29-20-13-17-18(14-21(20)31-10-2-7-25-8-11-30-12-9-25)23-6-5-19(17)32-22-4-3-16(15-24-22)26(27)28/h3-6,13-15H,2,7-12H2,1H3. The highest BCUT2D eigenvalue weighted by Crippen LogP contribution is 2.37. The summed E-state index contributed by atoms with van der Waals surface area (Å²) in [6.45, 7) is 4.99. The molecule has 0 aliphatic carbocycles. The first-order valence-electron chi connectivity index (χ1n) is 10.3. The van der Waals surface area contributed by atoms with Crippen molar-refractivity contribution in [2.75, 3.05) is 46.6 Å². The second kappa shape index (κ2) is 10.2. The molecule has 1 saturated heterocycles. The van der Waals surface area contributed by atoms with E-state index in [4.69, 9.17) is 18.9 Å². The van der Waals surface area contributed by atoms with Gasteiger partial charge in [0.05, 0.1) is 37.4 Å². The first-order valence-corrected chi connectivity index (χ1v) is 10.3. The van der Waals surface area contributed by atoms with Crippen molar-refractivity contribution in [3.8, 4) is 23.1 Å². The molecule has 0 atom stereocenters. The number of morpholine rings is 1. The summed E-state index contributed by atoms with van der Waals surface area (Å²) in [5.74, 6) is 1.93. The quantitative estimate of drug-likeness (QED) is 0.281. The first-order chi connectivity index (χ1) is 15.6. The van der Waals surface area contributed by atoms with Crippen molar-refractivity contribution in [3.05, 3.63) is 52.8 Å². The number of benzene rings is 1. The van der Waals surface area contributed by atoms with Crippen molar-refractivity contribution in [2.24, 2.45) is 0 Å². The number of aromatic nitrogens is 2. The monoisotopic (exact) mass is 440 g/mol. The maximum Gasteiger partial charge on any atom is 0.287 e. The number of ether oxygens (including phenoxy) is 4. The molecule has 1 aliphatic rings. The van der Waals surface area contributed by atoms with Crippen LogP contribution in [0.25, 0.3) is 10.9 Å². The van der Waals surface area contributed by atoms with Gasteiger partial charge in [-0.15, -0.1) is 0 Å². The maximum absolute atomic E-state index is 10.8. The molecule has 0 bridgehead atoms. The summed E-state index contributed by atoms with van der Waals surface area (Å²) in [5.41, 5.74) is 0.572. The van der Waals surface area contributed by atoms with Crippen LogP contribution >= 0.6 is 0 Å². The Morgan fingerprint density at radius 3 is 2.69 bits per heavy atom. The van der Waals surface area contributed by atoms with Gasteiger partial charge >= 0.3 is 0 Å². The van der Waals surface area contributed by atoms with Crippen molar-refractivity contribution in [3.63, 3.8) is 0 Å². The molecule has 0 unspecified atom stereocenters. The smallest absolute Gasteiger partial charge is 0.287 e. The lowest BCUT2D eigenvalue weighted by Crippen LogP contribution is -2.37. The van der Waals surface area contributed by atoms with E-state index in [9.17, 15) is 10.1 Å². The van der Waals surface area contributed by atoms with Gasteiger partial charge in [0.15, 0.2) is 11.5 Å². The van der Waals surface area contributed by atoms with Crippen molar-refractivity contribution >= 4 is 16.6 Å². The molecule has 0 N–H and O–H groups in total. The Morgan fingerprint density at radius 2 is 1.97 bits per heavy atom. The third-order valence-corrected chi connectivity index (χ3v) is 5.11. The normalized spacial score (nSPS) is 14.3. The summed E-state index contributed by atoms with van der Waals surface area (Å²) in [6, 6.07) is 8.12. The highest BCUT2D eigenvalue weighted by Gasteiger charge is 2.14.